The third-order valence-electron chi connectivity index (χ3n) is 8.56. The van der Waals surface area contributed by atoms with Gasteiger partial charge in [-0.2, -0.15) is 9.49 Å². The number of carbonyl (C=O) groups excluding carboxylic acids is 1. The lowest BCUT2D eigenvalue weighted by Crippen LogP contribution is -2.47. The third-order valence-corrected chi connectivity index (χ3v) is 8.56. The number of benzene rings is 1. The second-order valence-corrected chi connectivity index (χ2v) is 12.2. The topological polar surface area (TPSA) is 115 Å². The predicted octanol–water partition coefficient (Wildman–Crippen LogP) is 2.59. The van der Waals surface area contributed by atoms with Crippen LogP contribution in [0.3, 0.4) is 0 Å². The molecule has 6 rings (SSSR count). The van der Waals surface area contributed by atoms with Crippen LogP contribution in [0.15, 0.2) is 54.9 Å². The number of pyridine rings is 1. The summed E-state index contributed by atoms with van der Waals surface area (Å²) in [6, 6.07) is 13.8. The highest BCUT2D eigenvalue weighted by molar-refractivity contribution is 5.78. The number of piperazine rings is 1. The van der Waals surface area contributed by atoms with Gasteiger partial charge in [0.2, 0.25) is 11.7 Å². The number of nitrogens with zero attached hydrogens (tertiary/aromatic N) is 8. The lowest BCUT2D eigenvalue weighted by atomic mass is 10.1. The van der Waals surface area contributed by atoms with E-state index >= 15 is 4.39 Å². The average Bonchev–Trinajstić information content (AvgIpc) is 3.51. The van der Waals surface area contributed by atoms with Crippen LogP contribution in [0.2, 0.25) is 0 Å². The lowest BCUT2D eigenvalue weighted by molar-refractivity contribution is -0.135. The Morgan fingerprint density at radius 1 is 1.09 bits per heavy atom. The molecule has 2 N–H and O–H groups in total. The van der Waals surface area contributed by atoms with Gasteiger partial charge in [0.05, 0.1) is 17.3 Å². The highest BCUT2D eigenvalue weighted by Gasteiger charge is 2.28. The molecule has 0 spiro atoms. The number of nitrogens with one attached hydrogen (secondary N) is 1. The number of halogens is 1. The number of aromatic nitrogens is 4. The van der Waals surface area contributed by atoms with Crippen molar-refractivity contribution in [1.29, 1.82) is 0 Å². The maximum atomic E-state index is 16.3. The summed E-state index contributed by atoms with van der Waals surface area (Å²) in [6.07, 6.45) is 5.05. The number of ether oxygens (including phenoxy) is 1. The van der Waals surface area contributed by atoms with E-state index in [1.54, 1.807) is 15.6 Å². The van der Waals surface area contributed by atoms with Crippen molar-refractivity contribution in [3.63, 3.8) is 0 Å². The smallest absolute Gasteiger partial charge is 0.248 e. The van der Waals surface area contributed by atoms with Crippen molar-refractivity contribution in [2.24, 2.45) is 0 Å². The number of aliphatic hydroxyl groups excluding tert-OH is 1. The van der Waals surface area contributed by atoms with Gasteiger partial charge in [-0.1, -0.05) is 18.2 Å². The van der Waals surface area contributed by atoms with Crippen molar-refractivity contribution in [3.05, 3.63) is 66.2 Å². The lowest BCUT2D eigenvalue weighted by Gasteiger charge is -2.36. The van der Waals surface area contributed by atoms with Crippen LogP contribution in [0.5, 0.6) is 5.75 Å². The molecule has 46 heavy (non-hydrogen) atoms. The fraction of sp³-hybridized carbons (Fsp3) is 0.455. The van der Waals surface area contributed by atoms with Crippen molar-refractivity contribution in [2.75, 3.05) is 83.3 Å². The molecule has 2 aliphatic rings. The number of amides is 1. The first kappa shape index (κ1) is 31.6. The molecule has 2 aliphatic heterocycles. The van der Waals surface area contributed by atoms with E-state index < -0.39 is 12.4 Å². The van der Waals surface area contributed by atoms with Gasteiger partial charge >= 0.3 is 0 Å². The third kappa shape index (κ3) is 7.38. The minimum atomic E-state index is -0.541. The largest absolute Gasteiger partial charge is 0.492 e. The number of rotatable bonds is 11. The summed E-state index contributed by atoms with van der Waals surface area (Å²) in [4.78, 5) is 29.6. The van der Waals surface area contributed by atoms with Crippen LogP contribution in [-0.2, 0) is 11.3 Å². The summed E-state index contributed by atoms with van der Waals surface area (Å²) in [6.45, 7) is 5.41. The number of likely N-dealkylation sites (tertiary alicyclic amines) is 1. The molecule has 5 heterocycles. The number of hydrogen-bond donors (Lipinski definition) is 2. The van der Waals surface area contributed by atoms with E-state index in [0.29, 0.717) is 44.2 Å². The summed E-state index contributed by atoms with van der Waals surface area (Å²) in [7, 11) is 4.05. The highest BCUT2D eigenvalue weighted by Crippen LogP contribution is 2.31. The fourth-order valence-corrected chi connectivity index (χ4v) is 6.00. The molecule has 2 fully saturated rings. The number of anilines is 2. The van der Waals surface area contributed by atoms with E-state index in [1.807, 2.05) is 55.5 Å². The Morgan fingerprint density at radius 3 is 2.65 bits per heavy atom. The molecule has 0 saturated carbocycles. The molecular weight excluding hydrogens is 589 g/mol. The molecule has 3 aromatic heterocycles. The number of likely N-dealkylation sites (N-methyl/N-ethyl adjacent to an activating group) is 1. The second-order valence-electron chi connectivity index (χ2n) is 12.2. The zero-order valence-electron chi connectivity index (χ0n) is 26.5. The fourth-order valence-electron chi connectivity index (χ4n) is 6.00. The molecule has 1 amide bonds. The van der Waals surface area contributed by atoms with Crippen LogP contribution >= 0.6 is 0 Å². The minimum Gasteiger partial charge on any atom is -0.492 e. The van der Waals surface area contributed by atoms with E-state index in [9.17, 15) is 9.90 Å². The summed E-state index contributed by atoms with van der Waals surface area (Å²) >= 11 is 0. The van der Waals surface area contributed by atoms with Crippen molar-refractivity contribution < 1.29 is 19.0 Å². The maximum absolute atomic E-state index is 16.3. The second kappa shape index (κ2) is 14.4. The Morgan fingerprint density at radius 2 is 1.89 bits per heavy atom. The first-order chi connectivity index (χ1) is 22.4. The summed E-state index contributed by atoms with van der Waals surface area (Å²) in [5.41, 5.74) is 2.73. The van der Waals surface area contributed by atoms with Crippen molar-refractivity contribution in [1.82, 2.24) is 34.3 Å². The number of aliphatic hydroxyl groups is 1. The van der Waals surface area contributed by atoms with Crippen LogP contribution in [0.4, 0.5) is 16.0 Å². The monoisotopic (exact) mass is 631 g/mol. The number of fused-ring (bicyclic) bond motifs is 1. The van der Waals surface area contributed by atoms with Crippen molar-refractivity contribution >= 4 is 23.1 Å². The molecule has 1 atom stereocenters. The summed E-state index contributed by atoms with van der Waals surface area (Å²) < 4.78 is 23.9. The molecule has 244 valence electrons. The van der Waals surface area contributed by atoms with Crippen molar-refractivity contribution in [3.8, 4) is 17.1 Å². The number of hydrogen-bond acceptors (Lipinski definition) is 10. The molecule has 13 heteroatoms. The summed E-state index contributed by atoms with van der Waals surface area (Å²) in [5.74, 6) is 0.764. The van der Waals surface area contributed by atoms with E-state index in [0.717, 1.165) is 50.3 Å². The van der Waals surface area contributed by atoms with Crippen LogP contribution in [0, 0.1) is 5.82 Å². The zero-order valence-corrected chi connectivity index (χ0v) is 26.5. The molecule has 4 aromatic rings. The Balaban J connectivity index is 1.18. The van der Waals surface area contributed by atoms with Crippen molar-refractivity contribution in [2.45, 2.75) is 25.4 Å². The molecule has 2 saturated heterocycles. The minimum absolute atomic E-state index is 0.105. The average molecular weight is 632 g/mol. The molecule has 0 bridgehead atoms. The zero-order chi connectivity index (χ0) is 32.0. The molecular formula is C33H42FN9O3. The molecule has 12 nitrogen and oxygen atoms in total. The Kier molecular flexibility index (Phi) is 9.91. The normalized spacial score (nSPS) is 17.5. The van der Waals surface area contributed by atoms with Crippen LogP contribution in [-0.4, -0.2) is 124 Å². The van der Waals surface area contributed by atoms with E-state index in [4.69, 9.17) is 9.72 Å². The van der Waals surface area contributed by atoms with Crippen LogP contribution in [0.1, 0.15) is 18.4 Å². The molecule has 0 aliphatic carbocycles. The van der Waals surface area contributed by atoms with Gasteiger partial charge in [-0.25, -0.2) is 14.5 Å². The maximum Gasteiger partial charge on any atom is 0.248 e. The van der Waals surface area contributed by atoms with E-state index in [1.165, 1.54) is 5.56 Å². The number of piperidine rings is 1. The Hall–Kier alpha value is -4.33. The highest BCUT2D eigenvalue weighted by atomic mass is 19.1. The first-order valence-corrected chi connectivity index (χ1v) is 15.9. The predicted molar refractivity (Wildman–Crippen MR) is 174 cm³/mol. The van der Waals surface area contributed by atoms with Gasteiger partial charge in [0.25, 0.3) is 0 Å². The molecule has 1 aromatic carbocycles. The van der Waals surface area contributed by atoms with E-state index in [2.05, 4.69) is 37.3 Å². The van der Waals surface area contributed by atoms with Gasteiger partial charge in [-0.3, -0.25) is 9.69 Å². The Labute approximate surface area is 268 Å². The molecule has 0 unspecified atom stereocenters. The number of carbonyl (C=O) groups is 1. The first-order valence-electron chi connectivity index (χ1n) is 15.9. The molecule has 0 radical (unpaired) electrons. The van der Waals surface area contributed by atoms with Gasteiger partial charge in [-0.15, -0.1) is 0 Å². The quantitative estimate of drug-likeness (QED) is 0.256. The van der Waals surface area contributed by atoms with Gasteiger partial charge in [0, 0.05) is 64.6 Å². The standard InChI is InChI=1S/C33H42FN9O3/c1-39(2)18-19-46-26-10-8-24(9-11-26)21-40-14-16-41(17-15-40)33-30(34)32(36-25-6-5-12-42(22-25)29(45)23-44)37-31(38-33)27-20-35-43-13-4-3-7-28(27)43/h3-4,7-11,13,20,25,44H,5-6,12,14-19,21-23H2,1-2H3,(H,36,37,38)/t25-/m1/s1. The Bertz CT molecular complexity index is 1620. The van der Waals surface area contributed by atoms with Gasteiger partial charge in [0.1, 0.15) is 19.0 Å². The van der Waals surface area contributed by atoms with Gasteiger partial charge < -0.3 is 29.9 Å². The SMILES string of the molecule is CN(C)CCOc1ccc(CN2CCN(c3nc(-c4cnn5ccccc45)nc(N[C@@H]4CCCN(C(=O)CO)C4)c3F)CC2)cc1. The van der Waals surface area contributed by atoms with Gasteiger partial charge in [-0.05, 0) is 56.8 Å². The van der Waals surface area contributed by atoms with E-state index in [-0.39, 0.29) is 23.6 Å². The van der Waals surface area contributed by atoms with Crippen LogP contribution in [0.25, 0.3) is 16.9 Å². The van der Waals surface area contributed by atoms with Crippen LogP contribution < -0.4 is 15.0 Å². The summed E-state index contributed by atoms with van der Waals surface area (Å²) in [5, 5.41) is 17.1. The van der Waals surface area contributed by atoms with Gasteiger partial charge in [0.15, 0.2) is 17.5 Å².